The molecule has 1 aliphatic heterocycles. The van der Waals surface area contributed by atoms with Crippen LogP contribution in [0.3, 0.4) is 0 Å². The van der Waals surface area contributed by atoms with Crippen molar-refractivity contribution in [3.63, 3.8) is 0 Å². The Hall–Kier alpha value is -0.910. The van der Waals surface area contributed by atoms with E-state index < -0.39 is 10.0 Å². The molecule has 1 saturated heterocycles. The van der Waals surface area contributed by atoms with Crippen LogP contribution in [0.4, 0.5) is 0 Å². The summed E-state index contributed by atoms with van der Waals surface area (Å²) < 4.78 is 26.3. The number of rotatable bonds is 6. The zero-order chi connectivity index (χ0) is 15.3. The highest BCUT2D eigenvalue weighted by atomic mass is 32.2. The summed E-state index contributed by atoms with van der Waals surface area (Å²) in [5.74, 6) is 0.0885. The molecule has 4 nitrogen and oxygen atoms in total. The van der Waals surface area contributed by atoms with Gasteiger partial charge in [0.25, 0.3) is 0 Å². The third-order valence-corrected chi connectivity index (χ3v) is 5.92. The van der Waals surface area contributed by atoms with E-state index in [1.807, 2.05) is 31.2 Å². The summed E-state index contributed by atoms with van der Waals surface area (Å²) >= 11 is 0. The lowest BCUT2D eigenvalue weighted by atomic mass is 10.1. The van der Waals surface area contributed by atoms with Crippen molar-refractivity contribution >= 4 is 10.0 Å². The van der Waals surface area contributed by atoms with Crippen molar-refractivity contribution < 1.29 is 8.42 Å². The molecule has 0 aliphatic carbocycles. The van der Waals surface area contributed by atoms with Crippen LogP contribution in [-0.2, 0) is 15.8 Å². The highest BCUT2D eigenvalue weighted by molar-refractivity contribution is 7.88. The molecule has 0 N–H and O–H groups in total. The van der Waals surface area contributed by atoms with Gasteiger partial charge in [-0.3, -0.25) is 0 Å². The predicted molar refractivity (Wildman–Crippen MR) is 86.7 cm³/mol. The van der Waals surface area contributed by atoms with E-state index in [2.05, 4.69) is 4.90 Å². The van der Waals surface area contributed by atoms with Crippen LogP contribution < -0.4 is 0 Å². The van der Waals surface area contributed by atoms with Crippen LogP contribution in [0, 0.1) is 6.92 Å². The molecule has 0 saturated carbocycles. The number of likely N-dealkylation sites (N-methyl/N-ethyl adjacent to an activating group) is 1. The summed E-state index contributed by atoms with van der Waals surface area (Å²) in [6.45, 7) is 5.60. The maximum absolute atomic E-state index is 12.4. The van der Waals surface area contributed by atoms with E-state index >= 15 is 0 Å². The van der Waals surface area contributed by atoms with Gasteiger partial charge in [-0.05, 0) is 38.4 Å². The summed E-state index contributed by atoms with van der Waals surface area (Å²) in [5.41, 5.74) is 1.96. The van der Waals surface area contributed by atoms with Crippen LogP contribution in [0.5, 0.6) is 0 Å². The molecule has 1 aliphatic rings. The molecule has 118 valence electrons. The smallest absolute Gasteiger partial charge is 0.218 e. The van der Waals surface area contributed by atoms with Crippen molar-refractivity contribution in [3.05, 3.63) is 35.4 Å². The minimum atomic E-state index is -3.22. The van der Waals surface area contributed by atoms with E-state index in [4.69, 9.17) is 0 Å². The van der Waals surface area contributed by atoms with Gasteiger partial charge in [0.1, 0.15) is 0 Å². The van der Waals surface area contributed by atoms with E-state index in [0.29, 0.717) is 6.54 Å². The number of aryl methyl sites for hydroxylation is 1. The van der Waals surface area contributed by atoms with Crippen LogP contribution in [0.25, 0.3) is 0 Å². The average Bonchev–Trinajstić information content (AvgIpc) is 2.45. The lowest BCUT2D eigenvalue weighted by Gasteiger charge is -2.28. The highest BCUT2D eigenvalue weighted by Gasteiger charge is 2.20. The fourth-order valence-corrected chi connectivity index (χ4v) is 3.91. The molecule has 0 aromatic heterocycles. The fraction of sp³-hybridized carbons (Fsp3) is 0.625. The van der Waals surface area contributed by atoms with Gasteiger partial charge in [-0.15, -0.1) is 0 Å². The van der Waals surface area contributed by atoms with Crippen LogP contribution >= 0.6 is 0 Å². The first-order valence-corrected chi connectivity index (χ1v) is 9.30. The van der Waals surface area contributed by atoms with Crippen LogP contribution in [0.1, 0.15) is 30.4 Å². The van der Waals surface area contributed by atoms with Gasteiger partial charge in [-0.25, -0.2) is 12.7 Å². The molecular formula is C16H26N2O2S. The molecule has 0 atom stereocenters. The van der Waals surface area contributed by atoms with E-state index in [1.54, 1.807) is 7.05 Å². The first kappa shape index (κ1) is 16.5. The number of nitrogens with zero attached hydrogens (tertiary/aromatic N) is 2. The summed E-state index contributed by atoms with van der Waals surface area (Å²) in [5, 5.41) is 0. The van der Waals surface area contributed by atoms with E-state index in [9.17, 15) is 8.42 Å². The summed E-state index contributed by atoms with van der Waals surface area (Å²) in [6.07, 6.45) is 3.78. The minimum Gasteiger partial charge on any atom is -0.302 e. The Morgan fingerprint density at radius 1 is 1.19 bits per heavy atom. The van der Waals surface area contributed by atoms with Gasteiger partial charge in [0, 0.05) is 20.1 Å². The van der Waals surface area contributed by atoms with Crippen molar-refractivity contribution in [2.24, 2.45) is 0 Å². The number of hydrogen-bond donors (Lipinski definition) is 0. The Bertz CT molecular complexity index is 551. The molecule has 2 rings (SSSR count). The van der Waals surface area contributed by atoms with Gasteiger partial charge in [0.15, 0.2) is 0 Å². The Labute approximate surface area is 128 Å². The van der Waals surface area contributed by atoms with Crippen molar-refractivity contribution in [1.82, 2.24) is 9.21 Å². The molecule has 1 heterocycles. The highest BCUT2D eigenvalue weighted by Crippen LogP contribution is 2.12. The summed E-state index contributed by atoms with van der Waals surface area (Å²) in [7, 11) is -1.53. The lowest BCUT2D eigenvalue weighted by molar-refractivity contribution is 0.218. The molecule has 21 heavy (non-hydrogen) atoms. The molecular weight excluding hydrogens is 284 g/mol. The minimum absolute atomic E-state index is 0.0885. The molecule has 0 spiro atoms. The fourth-order valence-electron chi connectivity index (χ4n) is 2.73. The van der Waals surface area contributed by atoms with Crippen molar-refractivity contribution in [2.75, 3.05) is 33.2 Å². The normalized spacial score (nSPS) is 17.3. The molecule has 5 heteroatoms. The zero-order valence-corrected chi connectivity index (χ0v) is 13.9. The molecule has 0 bridgehead atoms. The van der Waals surface area contributed by atoms with Crippen molar-refractivity contribution in [3.8, 4) is 0 Å². The van der Waals surface area contributed by atoms with Crippen molar-refractivity contribution in [2.45, 2.75) is 31.9 Å². The molecule has 1 aromatic carbocycles. The van der Waals surface area contributed by atoms with E-state index in [1.165, 1.54) is 23.6 Å². The Morgan fingerprint density at radius 2 is 1.90 bits per heavy atom. The van der Waals surface area contributed by atoms with Crippen LogP contribution in [0.15, 0.2) is 24.3 Å². The topological polar surface area (TPSA) is 40.6 Å². The monoisotopic (exact) mass is 310 g/mol. The summed E-state index contributed by atoms with van der Waals surface area (Å²) in [6, 6.07) is 7.71. The van der Waals surface area contributed by atoms with Gasteiger partial charge >= 0.3 is 0 Å². The second kappa shape index (κ2) is 7.38. The van der Waals surface area contributed by atoms with Crippen LogP contribution in [0.2, 0.25) is 0 Å². The van der Waals surface area contributed by atoms with E-state index in [0.717, 1.165) is 30.8 Å². The van der Waals surface area contributed by atoms with Crippen molar-refractivity contribution in [1.29, 1.82) is 0 Å². The SMILES string of the molecule is Cc1cccc(CS(=O)(=O)N(C)CCN2CCCCC2)c1. The molecule has 0 amide bonds. The quantitative estimate of drug-likeness (QED) is 0.809. The number of piperidine rings is 1. The maximum Gasteiger partial charge on any atom is 0.218 e. The molecule has 1 fully saturated rings. The average molecular weight is 310 g/mol. The third-order valence-electron chi connectivity index (χ3n) is 4.09. The van der Waals surface area contributed by atoms with Crippen LogP contribution in [-0.4, -0.2) is 50.8 Å². The largest absolute Gasteiger partial charge is 0.302 e. The Morgan fingerprint density at radius 3 is 2.57 bits per heavy atom. The van der Waals surface area contributed by atoms with Gasteiger partial charge in [0.05, 0.1) is 5.75 Å². The second-order valence-electron chi connectivity index (χ2n) is 5.97. The molecule has 0 radical (unpaired) electrons. The maximum atomic E-state index is 12.4. The Kier molecular flexibility index (Phi) is 5.79. The van der Waals surface area contributed by atoms with Gasteiger partial charge in [-0.2, -0.15) is 0 Å². The van der Waals surface area contributed by atoms with Gasteiger partial charge in [0.2, 0.25) is 10.0 Å². The standard InChI is InChI=1S/C16H26N2O2S/c1-15-7-6-8-16(13-15)14-21(19,20)17(2)11-12-18-9-4-3-5-10-18/h6-8,13H,3-5,9-12,14H2,1-2H3. The van der Waals surface area contributed by atoms with E-state index in [-0.39, 0.29) is 5.75 Å². The Balaban J connectivity index is 1.88. The number of likely N-dealkylation sites (tertiary alicyclic amines) is 1. The first-order valence-electron chi connectivity index (χ1n) is 7.69. The molecule has 1 aromatic rings. The first-order chi connectivity index (χ1) is 9.97. The number of benzene rings is 1. The van der Waals surface area contributed by atoms with Gasteiger partial charge in [-0.1, -0.05) is 36.2 Å². The third kappa shape index (κ3) is 5.09. The second-order valence-corrected chi connectivity index (χ2v) is 8.04. The predicted octanol–water partition coefficient (Wildman–Crippen LogP) is 2.24. The summed E-state index contributed by atoms with van der Waals surface area (Å²) in [4.78, 5) is 2.36. The number of sulfonamides is 1. The lowest BCUT2D eigenvalue weighted by Crippen LogP contribution is -2.39. The van der Waals surface area contributed by atoms with Gasteiger partial charge < -0.3 is 4.90 Å². The molecule has 0 unspecified atom stereocenters. The zero-order valence-electron chi connectivity index (χ0n) is 13.1. The number of hydrogen-bond acceptors (Lipinski definition) is 3.